The Labute approximate surface area is 35.6 Å². The van der Waals surface area contributed by atoms with E-state index in [1.165, 1.54) is 0 Å². The van der Waals surface area contributed by atoms with Crippen LogP contribution in [0.5, 0.6) is 0 Å². The second-order valence-electron chi connectivity index (χ2n) is 0.831. The smallest absolute Gasteiger partial charge is 0.0329 e. The minimum absolute atomic E-state index is 1.12. The van der Waals surface area contributed by atoms with E-state index in [-0.39, 0.29) is 0 Å². The lowest BCUT2D eigenvalue weighted by molar-refractivity contribution is 1.46. The van der Waals surface area contributed by atoms with Crippen LogP contribution in [0.25, 0.3) is 0 Å². The molecule has 0 saturated heterocycles. The Balaban J connectivity index is 2.32. The Morgan fingerprint density at radius 2 is 2.80 bits per heavy atom. The first-order valence-corrected chi connectivity index (χ1v) is 2.51. The highest BCUT2D eigenvalue weighted by atomic mass is 32.2. The maximum Gasteiger partial charge on any atom is 0.0329 e. The summed E-state index contributed by atoms with van der Waals surface area (Å²) in [4.78, 5) is 0. The zero-order chi connectivity index (χ0) is 3.54. The summed E-state index contributed by atoms with van der Waals surface area (Å²) >= 11 is 1.71. The van der Waals surface area contributed by atoms with Gasteiger partial charge >= 0.3 is 0 Å². The van der Waals surface area contributed by atoms with Crippen LogP contribution in [0.2, 0.25) is 0 Å². The highest BCUT2D eigenvalue weighted by molar-refractivity contribution is 7.97. The fourth-order valence-electron chi connectivity index (χ4n) is 0.241. The van der Waals surface area contributed by atoms with Crippen LogP contribution >= 0.6 is 11.9 Å². The molecule has 0 bridgehead atoms. The first-order chi connectivity index (χ1) is 2.50. The van der Waals surface area contributed by atoms with Crippen molar-refractivity contribution in [1.29, 1.82) is 0 Å². The van der Waals surface area contributed by atoms with Crippen LogP contribution < -0.4 is 4.72 Å². The summed E-state index contributed by atoms with van der Waals surface area (Å²) in [5.74, 6) is 1.12. The van der Waals surface area contributed by atoms with E-state index in [0.29, 0.717) is 0 Å². The van der Waals surface area contributed by atoms with E-state index in [9.17, 15) is 0 Å². The summed E-state index contributed by atoms with van der Waals surface area (Å²) < 4.78 is 2.96. The molecule has 1 aliphatic rings. The fraction of sp³-hybridized carbons (Fsp3) is 0.333. The van der Waals surface area contributed by atoms with Crippen molar-refractivity contribution in [3.63, 3.8) is 0 Å². The van der Waals surface area contributed by atoms with E-state index in [1.807, 2.05) is 6.20 Å². The fourth-order valence-corrected chi connectivity index (χ4v) is 0.722. The minimum Gasteiger partial charge on any atom is -0.337 e. The van der Waals surface area contributed by atoms with Gasteiger partial charge < -0.3 is 4.72 Å². The van der Waals surface area contributed by atoms with Crippen molar-refractivity contribution in [2.45, 2.75) is 0 Å². The van der Waals surface area contributed by atoms with Crippen molar-refractivity contribution in [2.24, 2.45) is 0 Å². The molecule has 0 atom stereocenters. The molecule has 1 rings (SSSR count). The van der Waals surface area contributed by atoms with E-state index >= 15 is 0 Å². The van der Waals surface area contributed by atoms with Crippen LogP contribution in [0.3, 0.4) is 0 Å². The van der Waals surface area contributed by atoms with E-state index in [2.05, 4.69) is 10.8 Å². The van der Waals surface area contributed by atoms with Crippen LogP contribution in [0.4, 0.5) is 0 Å². The molecule has 0 amide bonds. The summed E-state index contributed by atoms with van der Waals surface area (Å²) in [6, 6.07) is 0. The zero-order valence-corrected chi connectivity index (χ0v) is 3.59. The van der Waals surface area contributed by atoms with Crippen LogP contribution in [0.15, 0.2) is 12.3 Å². The lowest BCUT2D eigenvalue weighted by Crippen LogP contribution is -1.78. The molecule has 1 nitrogen and oxygen atoms in total. The Morgan fingerprint density at radius 1 is 1.80 bits per heavy atom. The zero-order valence-electron chi connectivity index (χ0n) is 2.77. The van der Waals surface area contributed by atoms with Crippen LogP contribution in [-0.2, 0) is 0 Å². The molecule has 2 heteroatoms. The summed E-state index contributed by atoms with van der Waals surface area (Å²) in [5, 5.41) is 0. The lowest BCUT2D eigenvalue weighted by Gasteiger charge is -1.77. The molecule has 0 fully saturated rings. The normalized spacial score (nSPS) is 19.2. The first kappa shape index (κ1) is 3.09. The number of nitrogens with one attached hydrogen (secondary N) is 1. The molecular formula is C3H5NS. The molecule has 0 spiro atoms. The number of hydrogen-bond donors (Lipinski definition) is 1. The van der Waals surface area contributed by atoms with Crippen LogP contribution in [0.1, 0.15) is 0 Å². The summed E-state index contributed by atoms with van der Waals surface area (Å²) in [7, 11) is 0. The molecule has 0 radical (unpaired) electrons. The maximum atomic E-state index is 2.96. The predicted octanol–water partition coefficient (Wildman–Crippen LogP) is 0.752. The van der Waals surface area contributed by atoms with Gasteiger partial charge in [-0.1, -0.05) is 6.08 Å². The van der Waals surface area contributed by atoms with E-state index < -0.39 is 0 Å². The molecule has 0 unspecified atom stereocenters. The van der Waals surface area contributed by atoms with E-state index in [1.54, 1.807) is 11.9 Å². The van der Waals surface area contributed by atoms with Crippen LogP contribution in [0, 0.1) is 0 Å². The molecule has 0 aromatic heterocycles. The van der Waals surface area contributed by atoms with Gasteiger partial charge in [0.05, 0.1) is 0 Å². The molecule has 5 heavy (non-hydrogen) atoms. The van der Waals surface area contributed by atoms with Crippen molar-refractivity contribution >= 4 is 11.9 Å². The van der Waals surface area contributed by atoms with Gasteiger partial charge in [0, 0.05) is 12.0 Å². The molecule has 0 saturated carbocycles. The summed E-state index contributed by atoms with van der Waals surface area (Å²) in [5.41, 5.74) is 0. The highest BCUT2D eigenvalue weighted by Gasteiger charge is 1.82. The second kappa shape index (κ2) is 1.36. The Hall–Kier alpha value is -0.110. The average molecular weight is 87.1 g/mol. The summed E-state index contributed by atoms with van der Waals surface area (Å²) in [6.07, 6.45) is 4.04. The van der Waals surface area contributed by atoms with Crippen molar-refractivity contribution < 1.29 is 0 Å². The predicted molar refractivity (Wildman–Crippen MR) is 24.7 cm³/mol. The Kier molecular flexibility index (Phi) is 0.841. The molecule has 1 heterocycles. The summed E-state index contributed by atoms with van der Waals surface area (Å²) in [6.45, 7) is 0. The SMILES string of the molecule is C1=CNSC1. The number of rotatable bonds is 0. The third-order valence-corrected chi connectivity index (χ3v) is 1.11. The third-order valence-electron chi connectivity index (χ3n) is 0.449. The Morgan fingerprint density at radius 3 is 3.00 bits per heavy atom. The van der Waals surface area contributed by atoms with Gasteiger partial charge in [0.15, 0.2) is 0 Å². The van der Waals surface area contributed by atoms with Gasteiger partial charge in [-0.15, -0.1) is 0 Å². The van der Waals surface area contributed by atoms with Gasteiger partial charge in [0.2, 0.25) is 0 Å². The van der Waals surface area contributed by atoms with Crippen LogP contribution in [-0.4, -0.2) is 5.75 Å². The van der Waals surface area contributed by atoms with Gasteiger partial charge in [0.1, 0.15) is 0 Å². The molecular weight excluding hydrogens is 82.1 g/mol. The second-order valence-corrected chi connectivity index (χ2v) is 1.69. The maximum absolute atomic E-state index is 2.96. The van der Waals surface area contributed by atoms with E-state index in [0.717, 1.165) is 5.75 Å². The van der Waals surface area contributed by atoms with Crippen molar-refractivity contribution in [3.05, 3.63) is 12.3 Å². The van der Waals surface area contributed by atoms with Crippen molar-refractivity contribution in [3.8, 4) is 0 Å². The van der Waals surface area contributed by atoms with Gasteiger partial charge in [-0.2, -0.15) is 0 Å². The Bertz CT molecular complexity index is 44.9. The molecule has 1 aliphatic heterocycles. The van der Waals surface area contributed by atoms with Gasteiger partial charge in [-0.3, -0.25) is 0 Å². The first-order valence-electron chi connectivity index (χ1n) is 1.52. The van der Waals surface area contributed by atoms with E-state index in [4.69, 9.17) is 0 Å². The van der Waals surface area contributed by atoms with Gasteiger partial charge in [-0.05, 0) is 11.9 Å². The molecule has 0 aromatic rings. The van der Waals surface area contributed by atoms with Gasteiger partial charge in [-0.25, -0.2) is 0 Å². The standard InChI is InChI=1S/C3H5NS/c1-2-4-5-3-1/h1-2,4H,3H2. The number of hydrogen-bond acceptors (Lipinski definition) is 2. The molecule has 0 aliphatic carbocycles. The largest absolute Gasteiger partial charge is 0.337 e. The lowest BCUT2D eigenvalue weighted by atomic mass is 10.7. The molecule has 28 valence electrons. The minimum atomic E-state index is 1.12. The third kappa shape index (κ3) is 0.581. The highest BCUT2D eigenvalue weighted by Crippen LogP contribution is 1.98. The monoisotopic (exact) mass is 87.0 g/mol. The topological polar surface area (TPSA) is 12.0 Å². The average Bonchev–Trinajstić information content (AvgIpc) is 1.76. The van der Waals surface area contributed by atoms with Crippen molar-refractivity contribution in [2.75, 3.05) is 5.75 Å². The quantitative estimate of drug-likeness (QED) is 0.437. The van der Waals surface area contributed by atoms with Crippen molar-refractivity contribution in [1.82, 2.24) is 4.72 Å². The molecule has 1 N–H and O–H groups in total. The van der Waals surface area contributed by atoms with Gasteiger partial charge in [0.25, 0.3) is 0 Å². The molecule has 0 aromatic carbocycles.